The quantitative estimate of drug-likeness (QED) is 0.469. The smallest absolute Gasteiger partial charge is 0.258 e. The minimum absolute atomic E-state index is 0.0883. The van der Waals surface area contributed by atoms with Gasteiger partial charge in [0, 0.05) is 31.9 Å². The van der Waals surface area contributed by atoms with Crippen LogP contribution in [0.5, 0.6) is 0 Å². The zero-order valence-corrected chi connectivity index (χ0v) is 16.8. The van der Waals surface area contributed by atoms with E-state index >= 15 is 0 Å². The van der Waals surface area contributed by atoms with Gasteiger partial charge in [0.15, 0.2) is 10.7 Å². The van der Waals surface area contributed by atoms with Crippen LogP contribution in [0.25, 0.3) is 0 Å². The van der Waals surface area contributed by atoms with Crippen molar-refractivity contribution >= 4 is 50.3 Å². The summed E-state index contributed by atoms with van der Waals surface area (Å²) >= 11 is 10.4. The molecule has 9 nitrogen and oxygen atoms in total. The number of sulfonamides is 1. The number of rotatable bonds is 7. The highest BCUT2D eigenvalue weighted by Crippen LogP contribution is 2.31. The van der Waals surface area contributed by atoms with Gasteiger partial charge in [0.05, 0.1) is 11.2 Å². The predicted molar refractivity (Wildman–Crippen MR) is 104 cm³/mol. The van der Waals surface area contributed by atoms with Crippen molar-refractivity contribution in [2.24, 2.45) is 5.92 Å². The molecule has 1 amide bonds. The molecule has 0 aliphatic heterocycles. The van der Waals surface area contributed by atoms with E-state index in [4.69, 9.17) is 24.4 Å². The standard InChI is InChI=1S/C14H20N6O3S3/c1-3-17-20(14(25)11-8-15-6-7-16-11)26(22,23)9-12(21)18-19(2)13(24)10-4-5-10/h6-8,10,17H,3-5,9H2,1-2H3,(H,18,21). The van der Waals surface area contributed by atoms with Gasteiger partial charge in [-0.2, -0.15) is 4.41 Å². The molecule has 1 aromatic heterocycles. The molecule has 1 aromatic rings. The maximum atomic E-state index is 12.7. The van der Waals surface area contributed by atoms with Gasteiger partial charge >= 0.3 is 0 Å². The average Bonchev–Trinajstić information content (AvgIpc) is 3.43. The van der Waals surface area contributed by atoms with Crippen molar-refractivity contribution in [3.63, 3.8) is 0 Å². The van der Waals surface area contributed by atoms with Gasteiger partial charge in [-0.15, -0.1) is 0 Å². The monoisotopic (exact) mass is 416 g/mol. The lowest BCUT2D eigenvalue weighted by Gasteiger charge is -2.25. The van der Waals surface area contributed by atoms with Crippen LogP contribution in [0.3, 0.4) is 0 Å². The van der Waals surface area contributed by atoms with E-state index in [1.165, 1.54) is 23.6 Å². The second kappa shape index (κ2) is 8.75. The van der Waals surface area contributed by atoms with E-state index in [1.807, 2.05) is 0 Å². The molecule has 1 heterocycles. The zero-order chi connectivity index (χ0) is 19.3. The van der Waals surface area contributed by atoms with Crippen LogP contribution < -0.4 is 10.9 Å². The molecule has 0 atom stereocenters. The normalized spacial score (nSPS) is 13.8. The highest BCUT2D eigenvalue weighted by molar-refractivity contribution is 7.92. The van der Waals surface area contributed by atoms with Crippen LogP contribution in [-0.2, 0) is 14.8 Å². The molecule has 2 N–H and O–H groups in total. The lowest BCUT2D eigenvalue weighted by atomic mass is 10.4. The molecule has 26 heavy (non-hydrogen) atoms. The lowest BCUT2D eigenvalue weighted by Crippen LogP contribution is -2.52. The van der Waals surface area contributed by atoms with Crippen molar-refractivity contribution in [2.45, 2.75) is 19.8 Å². The maximum Gasteiger partial charge on any atom is 0.258 e. The molecule has 0 spiro atoms. The molecule has 1 fully saturated rings. The predicted octanol–water partition coefficient (Wildman–Crippen LogP) is 0.00880. The zero-order valence-electron chi connectivity index (χ0n) is 14.4. The second-order valence-corrected chi connectivity index (χ2v) is 8.26. The number of carbonyl (C=O) groups is 1. The van der Waals surface area contributed by atoms with E-state index in [0.29, 0.717) is 4.99 Å². The Morgan fingerprint density at radius 1 is 1.35 bits per heavy atom. The molecular formula is C14H20N6O3S3. The number of nitrogens with one attached hydrogen (secondary N) is 2. The van der Waals surface area contributed by atoms with Gasteiger partial charge in [-0.25, -0.2) is 13.8 Å². The van der Waals surface area contributed by atoms with Gasteiger partial charge in [-0.05, 0) is 12.8 Å². The summed E-state index contributed by atoms with van der Waals surface area (Å²) in [5, 5.41) is 1.39. The summed E-state index contributed by atoms with van der Waals surface area (Å²) in [5.41, 5.74) is 5.34. The Balaban J connectivity index is 2.07. The van der Waals surface area contributed by atoms with E-state index in [-0.39, 0.29) is 23.1 Å². The number of amides is 1. The molecule has 0 saturated heterocycles. The van der Waals surface area contributed by atoms with E-state index in [1.54, 1.807) is 14.0 Å². The third-order valence-corrected chi connectivity index (χ3v) is 6.02. The van der Waals surface area contributed by atoms with Crippen molar-refractivity contribution < 1.29 is 13.2 Å². The lowest BCUT2D eigenvalue weighted by molar-refractivity contribution is -0.121. The molecule has 0 aromatic carbocycles. The second-order valence-electron chi connectivity index (χ2n) is 5.63. The average molecular weight is 417 g/mol. The summed E-state index contributed by atoms with van der Waals surface area (Å²) in [5.74, 6) is -1.23. The highest BCUT2D eigenvalue weighted by Gasteiger charge is 2.32. The molecule has 0 radical (unpaired) electrons. The molecule has 0 unspecified atom stereocenters. The fourth-order valence-electron chi connectivity index (χ4n) is 2.06. The summed E-state index contributed by atoms with van der Waals surface area (Å²) in [6, 6.07) is 0. The number of thiocarbonyl (C=S) groups is 2. The van der Waals surface area contributed by atoms with Gasteiger partial charge in [0.2, 0.25) is 0 Å². The first-order valence-corrected chi connectivity index (χ1v) is 10.3. The van der Waals surface area contributed by atoms with Gasteiger partial charge in [-0.3, -0.25) is 25.2 Å². The molecule has 0 bridgehead atoms. The first kappa shape index (κ1) is 20.6. The topological polar surface area (TPSA) is 108 Å². The van der Waals surface area contributed by atoms with Gasteiger partial charge < -0.3 is 0 Å². The van der Waals surface area contributed by atoms with Crippen molar-refractivity contribution in [1.29, 1.82) is 0 Å². The van der Waals surface area contributed by atoms with Crippen LogP contribution in [-0.4, -0.2) is 63.0 Å². The molecule has 2 rings (SSSR count). The Morgan fingerprint density at radius 2 is 2.04 bits per heavy atom. The number of carbonyl (C=O) groups excluding carboxylic acids is 1. The summed E-state index contributed by atoms with van der Waals surface area (Å²) in [7, 11) is -2.48. The summed E-state index contributed by atoms with van der Waals surface area (Å²) < 4.78 is 26.1. The van der Waals surface area contributed by atoms with Crippen LogP contribution in [0.1, 0.15) is 25.5 Å². The minimum atomic E-state index is -4.08. The number of hydrogen-bond donors (Lipinski definition) is 2. The number of hydrogen-bond acceptors (Lipinski definition) is 8. The van der Waals surface area contributed by atoms with Crippen molar-refractivity contribution in [1.82, 2.24) is 30.2 Å². The third-order valence-electron chi connectivity index (χ3n) is 3.41. The summed E-state index contributed by atoms with van der Waals surface area (Å²) in [4.78, 5) is 20.5. The third kappa shape index (κ3) is 5.37. The first-order valence-electron chi connectivity index (χ1n) is 7.90. The van der Waals surface area contributed by atoms with E-state index in [0.717, 1.165) is 17.3 Å². The van der Waals surface area contributed by atoms with Crippen molar-refractivity contribution in [2.75, 3.05) is 19.3 Å². The number of aromatic nitrogens is 2. The Labute approximate surface area is 163 Å². The number of hydrazine groups is 2. The Morgan fingerprint density at radius 3 is 2.58 bits per heavy atom. The fraction of sp³-hybridized carbons (Fsp3) is 0.500. The SMILES string of the molecule is CCNN(C(=S)c1cnccn1)S(=O)(=O)CC(=O)NN(C)C(=S)C1CC1. The van der Waals surface area contributed by atoms with E-state index in [2.05, 4.69) is 20.8 Å². The van der Waals surface area contributed by atoms with Crippen LogP contribution in [0.15, 0.2) is 18.6 Å². The van der Waals surface area contributed by atoms with Crippen molar-refractivity contribution in [3.05, 3.63) is 24.3 Å². The largest absolute Gasteiger partial charge is 0.282 e. The first-order chi connectivity index (χ1) is 12.3. The van der Waals surface area contributed by atoms with Crippen LogP contribution in [0.4, 0.5) is 0 Å². The van der Waals surface area contributed by atoms with Crippen molar-refractivity contribution in [3.8, 4) is 0 Å². The summed E-state index contributed by atoms with van der Waals surface area (Å²) in [6.45, 7) is 2.00. The molecule has 142 valence electrons. The van der Waals surface area contributed by atoms with E-state index < -0.39 is 21.7 Å². The Hall–Kier alpha value is -1.76. The molecule has 12 heteroatoms. The van der Waals surface area contributed by atoms with E-state index in [9.17, 15) is 13.2 Å². The van der Waals surface area contributed by atoms with Gasteiger partial charge in [0.25, 0.3) is 15.9 Å². The highest BCUT2D eigenvalue weighted by atomic mass is 32.2. The fourth-order valence-corrected chi connectivity index (χ4v) is 4.05. The number of nitrogens with zero attached hydrogens (tertiary/aromatic N) is 4. The molecular weight excluding hydrogens is 396 g/mol. The minimum Gasteiger partial charge on any atom is -0.282 e. The maximum absolute atomic E-state index is 12.7. The molecule has 1 saturated carbocycles. The Kier molecular flexibility index (Phi) is 6.92. The Bertz CT molecular complexity index is 782. The molecule has 1 aliphatic rings. The van der Waals surface area contributed by atoms with Crippen LogP contribution >= 0.6 is 24.4 Å². The van der Waals surface area contributed by atoms with Gasteiger partial charge in [-0.1, -0.05) is 31.4 Å². The van der Waals surface area contributed by atoms with Crippen LogP contribution in [0, 0.1) is 5.92 Å². The molecule has 1 aliphatic carbocycles. The summed E-state index contributed by atoms with van der Waals surface area (Å²) in [6.07, 6.45) is 6.17. The van der Waals surface area contributed by atoms with Crippen LogP contribution in [0.2, 0.25) is 0 Å². The van der Waals surface area contributed by atoms with Gasteiger partial charge in [0.1, 0.15) is 5.69 Å².